The predicted molar refractivity (Wildman–Crippen MR) is 102 cm³/mol. The molecule has 2 aliphatic rings. The molecule has 2 fully saturated rings. The molecular weight excluding hydrogens is 312 g/mol. The lowest BCUT2D eigenvalue weighted by atomic mass is 9.66. The fourth-order valence-electron chi connectivity index (χ4n) is 5.69. The molecule has 1 saturated carbocycles. The molecule has 25 heavy (non-hydrogen) atoms. The van der Waals surface area contributed by atoms with Crippen molar-refractivity contribution in [2.45, 2.75) is 64.8 Å². The molecule has 1 aliphatic carbocycles. The average molecular weight is 347 g/mol. The number of likely N-dealkylation sites (tertiary alicyclic amines) is 1. The van der Waals surface area contributed by atoms with Gasteiger partial charge in [0, 0.05) is 30.1 Å². The van der Waals surface area contributed by atoms with Gasteiger partial charge >= 0.3 is 0 Å². The number of nitrogens with one attached hydrogen (secondary N) is 1. The Morgan fingerprint density at radius 3 is 2.56 bits per heavy atom. The first-order valence-corrected chi connectivity index (χ1v) is 9.56. The molecule has 5 atom stereocenters. The number of aliphatic hydroxyl groups excluding tert-OH is 1. The number of methoxy groups -OCH3 is 1. The molecule has 0 radical (unpaired) electrons. The van der Waals surface area contributed by atoms with Gasteiger partial charge in [-0.05, 0) is 62.9 Å². The topological polar surface area (TPSA) is 44.7 Å². The van der Waals surface area contributed by atoms with Crippen molar-refractivity contribution in [3.8, 4) is 5.75 Å². The monoisotopic (exact) mass is 346 g/mol. The molecule has 1 spiro atoms. The molecule has 3 rings (SSSR count). The van der Waals surface area contributed by atoms with E-state index in [1.54, 1.807) is 7.11 Å². The summed E-state index contributed by atoms with van der Waals surface area (Å²) in [6.07, 6.45) is 1.74. The molecule has 140 valence electrons. The standard InChI is InChI=1S/C21H34N2O2/c1-13(2)20-21(12-23(20)5)10-18(19(24)11-21)22-15(4)17-8-7-16(25-6)9-14(17)3/h7-9,13,15,18-20,22,24H,10-12H2,1-6H3/t15?,18-,19-,20?,21?/m1/s1. The van der Waals surface area contributed by atoms with Crippen molar-refractivity contribution in [1.82, 2.24) is 10.2 Å². The summed E-state index contributed by atoms with van der Waals surface area (Å²) in [7, 11) is 3.91. The van der Waals surface area contributed by atoms with E-state index < -0.39 is 0 Å². The second kappa shape index (κ2) is 6.90. The van der Waals surface area contributed by atoms with Crippen LogP contribution in [-0.2, 0) is 0 Å². The van der Waals surface area contributed by atoms with Gasteiger partial charge in [-0.15, -0.1) is 0 Å². The predicted octanol–water partition coefficient (Wildman–Crippen LogP) is 3.13. The highest BCUT2D eigenvalue weighted by molar-refractivity contribution is 5.36. The zero-order chi connectivity index (χ0) is 18.4. The molecule has 0 aromatic heterocycles. The molecule has 1 aliphatic heterocycles. The largest absolute Gasteiger partial charge is 0.497 e. The van der Waals surface area contributed by atoms with Crippen LogP contribution in [0.4, 0.5) is 0 Å². The minimum Gasteiger partial charge on any atom is -0.497 e. The van der Waals surface area contributed by atoms with Gasteiger partial charge in [0.05, 0.1) is 13.2 Å². The highest BCUT2D eigenvalue weighted by atomic mass is 16.5. The SMILES string of the molecule is COc1ccc(C(C)N[C@@H]2CC3(C[C@H]2O)CN(C)C3C(C)C)c(C)c1. The van der Waals surface area contributed by atoms with Crippen LogP contribution in [0.3, 0.4) is 0 Å². The Bertz CT molecular complexity index is 613. The zero-order valence-electron chi connectivity index (χ0n) is 16.5. The van der Waals surface area contributed by atoms with Crippen molar-refractivity contribution < 1.29 is 9.84 Å². The number of hydrogen-bond acceptors (Lipinski definition) is 4. The maximum absolute atomic E-state index is 10.7. The van der Waals surface area contributed by atoms with Gasteiger partial charge in [-0.2, -0.15) is 0 Å². The van der Waals surface area contributed by atoms with Crippen molar-refractivity contribution in [2.24, 2.45) is 11.3 Å². The van der Waals surface area contributed by atoms with E-state index in [0.29, 0.717) is 12.0 Å². The first-order valence-electron chi connectivity index (χ1n) is 9.56. The Balaban J connectivity index is 1.69. The molecule has 1 saturated heterocycles. The van der Waals surface area contributed by atoms with Gasteiger partial charge < -0.3 is 20.1 Å². The van der Waals surface area contributed by atoms with Crippen LogP contribution < -0.4 is 10.1 Å². The molecule has 2 N–H and O–H groups in total. The Labute approximate surface area is 152 Å². The number of aliphatic hydroxyl groups is 1. The first-order chi connectivity index (χ1) is 11.8. The van der Waals surface area contributed by atoms with E-state index in [9.17, 15) is 5.11 Å². The van der Waals surface area contributed by atoms with Crippen molar-refractivity contribution >= 4 is 0 Å². The maximum Gasteiger partial charge on any atom is 0.119 e. The number of hydrogen-bond donors (Lipinski definition) is 2. The maximum atomic E-state index is 10.7. The van der Waals surface area contributed by atoms with Crippen molar-refractivity contribution in [1.29, 1.82) is 0 Å². The Morgan fingerprint density at radius 2 is 2.00 bits per heavy atom. The lowest BCUT2D eigenvalue weighted by molar-refractivity contribution is -0.0828. The summed E-state index contributed by atoms with van der Waals surface area (Å²) >= 11 is 0. The van der Waals surface area contributed by atoms with Gasteiger partial charge in [-0.3, -0.25) is 0 Å². The van der Waals surface area contributed by atoms with Crippen LogP contribution in [0.15, 0.2) is 18.2 Å². The van der Waals surface area contributed by atoms with Crippen LogP contribution in [0.1, 0.15) is 50.8 Å². The highest BCUT2D eigenvalue weighted by Crippen LogP contribution is 2.52. The smallest absolute Gasteiger partial charge is 0.119 e. The van der Waals surface area contributed by atoms with Crippen LogP contribution in [0.25, 0.3) is 0 Å². The molecule has 4 heteroatoms. The van der Waals surface area contributed by atoms with Crippen LogP contribution >= 0.6 is 0 Å². The summed E-state index contributed by atoms with van der Waals surface area (Å²) in [4.78, 5) is 2.46. The molecule has 3 unspecified atom stereocenters. The van der Waals surface area contributed by atoms with Crippen molar-refractivity contribution in [3.63, 3.8) is 0 Å². The Morgan fingerprint density at radius 1 is 1.28 bits per heavy atom. The van der Waals surface area contributed by atoms with Crippen molar-refractivity contribution in [2.75, 3.05) is 20.7 Å². The summed E-state index contributed by atoms with van der Waals surface area (Å²) < 4.78 is 5.31. The quantitative estimate of drug-likeness (QED) is 0.860. The molecule has 0 amide bonds. The Hall–Kier alpha value is -1.10. The van der Waals surface area contributed by atoms with E-state index in [2.05, 4.69) is 57.1 Å². The van der Waals surface area contributed by atoms with Crippen LogP contribution in [-0.4, -0.2) is 48.9 Å². The van der Waals surface area contributed by atoms with Gasteiger partial charge in [-0.1, -0.05) is 19.9 Å². The van der Waals surface area contributed by atoms with E-state index in [1.807, 2.05) is 6.07 Å². The summed E-state index contributed by atoms with van der Waals surface area (Å²) in [6.45, 7) is 10.0. The zero-order valence-corrected chi connectivity index (χ0v) is 16.5. The van der Waals surface area contributed by atoms with Gasteiger partial charge in [0.1, 0.15) is 5.75 Å². The fraction of sp³-hybridized carbons (Fsp3) is 0.714. The minimum absolute atomic E-state index is 0.173. The fourth-order valence-corrected chi connectivity index (χ4v) is 5.69. The Kier molecular flexibility index (Phi) is 5.16. The summed E-state index contributed by atoms with van der Waals surface area (Å²) in [5, 5.41) is 14.4. The summed E-state index contributed by atoms with van der Waals surface area (Å²) in [5.41, 5.74) is 2.79. The minimum atomic E-state index is -0.254. The molecule has 1 aromatic carbocycles. The number of benzene rings is 1. The second-order valence-electron chi connectivity index (χ2n) is 8.66. The lowest BCUT2D eigenvalue weighted by Crippen LogP contribution is -2.64. The summed E-state index contributed by atoms with van der Waals surface area (Å²) in [6, 6.07) is 7.21. The third-order valence-corrected chi connectivity index (χ3v) is 6.41. The van der Waals surface area contributed by atoms with Crippen LogP contribution in [0.5, 0.6) is 5.75 Å². The normalized spacial score (nSPS) is 33.7. The van der Waals surface area contributed by atoms with Crippen LogP contribution in [0.2, 0.25) is 0 Å². The molecule has 1 aromatic rings. The summed E-state index contributed by atoms with van der Waals surface area (Å²) in [5.74, 6) is 1.52. The number of aryl methyl sites for hydroxylation is 1. The van der Waals surface area contributed by atoms with Crippen molar-refractivity contribution in [3.05, 3.63) is 29.3 Å². The van der Waals surface area contributed by atoms with Crippen LogP contribution in [0, 0.1) is 18.3 Å². The van der Waals surface area contributed by atoms with Gasteiger partial charge in [0.2, 0.25) is 0 Å². The molecular formula is C21H34N2O2. The third-order valence-electron chi connectivity index (χ3n) is 6.41. The van der Waals surface area contributed by atoms with Gasteiger partial charge in [0.15, 0.2) is 0 Å². The van der Waals surface area contributed by atoms with E-state index >= 15 is 0 Å². The van der Waals surface area contributed by atoms with E-state index in [-0.39, 0.29) is 23.6 Å². The molecule has 0 bridgehead atoms. The van der Waals surface area contributed by atoms with E-state index in [4.69, 9.17) is 4.74 Å². The molecule has 4 nitrogen and oxygen atoms in total. The average Bonchev–Trinajstić information content (AvgIpc) is 2.83. The molecule has 1 heterocycles. The highest BCUT2D eigenvalue weighted by Gasteiger charge is 2.58. The second-order valence-corrected chi connectivity index (χ2v) is 8.66. The first kappa shape index (κ1) is 18.7. The number of ether oxygens (including phenoxy) is 1. The lowest BCUT2D eigenvalue weighted by Gasteiger charge is -2.57. The number of nitrogens with zero attached hydrogens (tertiary/aromatic N) is 1. The third kappa shape index (κ3) is 3.32. The number of rotatable bonds is 5. The van der Waals surface area contributed by atoms with Gasteiger partial charge in [-0.25, -0.2) is 0 Å². The van der Waals surface area contributed by atoms with E-state index in [0.717, 1.165) is 25.1 Å². The van der Waals surface area contributed by atoms with E-state index in [1.165, 1.54) is 11.1 Å². The van der Waals surface area contributed by atoms with Gasteiger partial charge in [0.25, 0.3) is 0 Å².